The van der Waals surface area contributed by atoms with Gasteiger partial charge in [-0.3, -0.25) is 4.79 Å². The number of likely N-dealkylation sites (N-methyl/N-ethyl adjacent to an activating group) is 1. The molecule has 0 N–H and O–H groups in total. The predicted octanol–water partition coefficient (Wildman–Crippen LogP) is 4.58. The number of para-hydroxylation sites is 1. The van der Waals surface area contributed by atoms with E-state index >= 15 is 0 Å². The number of nitrogens with zero attached hydrogens (tertiary/aromatic N) is 1. The number of hydrogen-bond acceptors (Lipinski definition) is 2. The van der Waals surface area contributed by atoms with Crippen molar-refractivity contribution in [1.82, 2.24) is 4.90 Å². The Morgan fingerprint density at radius 3 is 2.48 bits per heavy atom. The summed E-state index contributed by atoms with van der Waals surface area (Å²) in [6, 6.07) is 9.56. The second kappa shape index (κ2) is 7.74. The quantitative estimate of drug-likeness (QED) is 0.716. The van der Waals surface area contributed by atoms with E-state index in [2.05, 4.69) is 4.74 Å². The van der Waals surface area contributed by atoms with Crippen LogP contribution in [0.1, 0.15) is 11.1 Å². The molecule has 2 aromatic rings. The largest absolute Gasteiger partial charge is 0.573 e. The molecule has 0 bridgehead atoms. The van der Waals surface area contributed by atoms with Gasteiger partial charge >= 0.3 is 6.36 Å². The summed E-state index contributed by atoms with van der Waals surface area (Å²) < 4.78 is 55.0. The zero-order chi connectivity index (χ0) is 18.6. The Hall–Kier alpha value is -2.28. The smallest absolute Gasteiger partial charge is 0.405 e. The molecule has 0 atom stereocenters. The predicted molar refractivity (Wildman–Crippen MR) is 84.7 cm³/mol. The minimum atomic E-state index is -4.83. The molecule has 1 amide bonds. The first-order valence-corrected chi connectivity index (χ1v) is 7.55. The molecule has 0 fully saturated rings. The van der Waals surface area contributed by atoms with Gasteiger partial charge in [0, 0.05) is 29.7 Å². The first-order chi connectivity index (χ1) is 11.7. The molecular formula is C17H14ClF4NO2. The van der Waals surface area contributed by atoms with E-state index in [1.165, 1.54) is 48.3 Å². The zero-order valence-electron chi connectivity index (χ0n) is 13.1. The Balaban J connectivity index is 2.12. The van der Waals surface area contributed by atoms with Crippen LogP contribution in [0.5, 0.6) is 5.75 Å². The maximum absolute atomic E-state index is 13.8. The number of rotatable bonds is 5. The lowest BCUT2D eigenvalue weighted by Gasteiger charge is -2.20. The number of ether oxygens (including phenoxy) is 1. The molecule has 0 saturated heterocycles. The van der Waals surface area contributed by atoms with E-state index < -0.39 is 23.8 Å². The van der Waals surface area contributed by atoms with Crippen LogP contribution in [0.2, 0.25) is 5.02 Å². The molecule has 2 aromatic carbocycles. The molecule has 0 aliphatic carbocycles. The van der Waals surface area contributed by atoms with Crippen LogP contribution in [-0.2, 0) is 17.8 Å². The van der Waals surface area contributed by atoms with Gasteiger partial charge in [-0.2, -0.15) is 0 Å². The van der Waals surface area contributed by atoms with E-state index in [1.807, 2.05) is 0 Å². The van der Waals surface area contributed by atoms with Crippen molar-refractivity contribution in [3.05, 3.63) is 64.4 Å². The molecule has 0 aliphatic heterocycles. The number of halogens is 5. The highest BCUT2D eigenvalue weighted by atomic mass is 35.5. The van der Waals surface area contributed by atoms with Crippen LogP contribution in [0.15, 0.2) is 42.5 Å². The lowest BCUT2D eigenvalue weighted by Crippen LogP contribution is -2.28. The zero-order valence-corrected chi connectivity index (χ0v) is 13.9. The van der Waals surface area contributed by atoms with Crippen LogP contribution >= 0.6 is 11.6 Å². The Kier molecular flexibility index (Phi) is 5.89. The van der Waals surface area contributed by atoms with E-state index in [4.69, 9.17) is 11.6 Å². The van der Waals surface area contributed by atoms with Gasteiger partial charge in [0.25, 0.3) is 0 Å². The standard InChI is InChI=1S/C17H14ClF4NO2/c1-23(16(24)9-12-13(18)6-4-7-14(12)19)10-11-5-2-3-8-15(11)25-17(20,21)22/h2-8H,9-10H2,1H3. The fourth-order valence-electron chi connectivity index (χ4n) is 2.19. The molecule has 25 heavy (non-hydrogen) atoms. The van der Waals surface area contributed by atoms with Crippen molar-refractivity contribution < 1.29 is 27.1 Å². The highest BCUT2D eigenvalue weighted by Gasteiger charge is 2.32. The summed E-state index contributed by atoms with van der Waals surface area (Å²) in [5.41, 5.74) is 0.219. The molecule has 0 saturated carbocycles. The number of benzene rings is 2. The number of carbonyl (C=O) groups excluding carboxylic acids is 1. The summed E-state index contributed by atoms with van der Waals surface area (Å²) in [7, 11) is 1.40. The van der Waals surface area contributed by atoms with Gasteiger partial charge in [-0.1, -0.05) is 35.9 Å². The van der Waals surface area contributed by atoms with Crippen LogP contribution < -0.4 is 4.74 Å². The van der Waals surface area contributed by atoms with Crippen LogP contribution in [0.3, 0.4) is 0 Å². The van der Waals surface area contributed by atoms with Crippen molar-refractivity contribution in [2.45, 2.75) is 19.3 Å². The van der Waals surface area contributed by atoms with Crippen molar-refractivity contribution in [3.63, 3.8) is 0 Å². The molecule has 3 nitrogen and oxygen atoms in total. The third-order valence-electron chi connectivity index (χ3n) is 3.42. The minimum Gasteiger partial charge on any atom is -0.405 e. The molecule has 134 valence electrons. The number of alkyl halides is 3. The Bertz CT molecular complexity index is 744. The van der Waals surface area contributed by atoms with Gasteiger partial charge in [0.2, 0.25) is 5.91 Å². The highest BCUT2D eigenvalue weighted by molar-refractivity contribution is 6.31. The molecule has 0 spiro atoms. The minimum absolute atomic E-state index is 0.0424. The fraction of sp³-hybridized carbons (Fsp3) is 0.235. The van der Waals surface area contributed by atoms with Crippen molar-refractivity contribution in [1.29, 1.82) is 0 Å². The fourth-order valence-corrected chi connectivity index (χ4v) is 2.42. The van der Waals surface area contributed by atoms with Crippen LogP contribution in [0.4, 0.5) is 17.6 Å². The van der Waals surface area contributed by atoms with Crippen LogP contribution in [-0.4, -0.2) is 24.2 Å². The third-order valence-corrected chi connectivity index (χ3v) is 3.78. The normalized spacial score (nSPS) is 11.3. The number of hydrogen-bond donors (Lipinski definition) is 0. The first-order valence-electron chi connectivity index (χ1n) is 7.18. The van der Waals surface area contributed by atoms with E-state index in [0.717, 1.165) is 6.07 Å². The van der Waals surface area contributed by atoms with Gasteiger partial charge in [-0.15, -0.1) is 13.2 Å². The maximum atomic E-state index is 13.8. The Morgan fingerprint density at radius 2 is 1.84 bits per heavy atom. The summed E-state index contributed by atoms with van der Waals surface area (Å²) in [6.07, 6.45) is -5.14. The Labute approximate surface area is 146 Å². The van der Waals surface area contributed by atoms with Gasteiger partial charge in [0.1, 0.15) is 11.6 Å². The van der Waals surface area contributed by atoms with Gasteiger partial charge in [0.05, 0.1) is 6.42 Å². The lowest BCUT2D eigenvalue weighted by molar-refractivity contribution is -0.275. The van der Waals surface area contributed by atoms with Crippen molar-refractivity contribution in [3.8, 4) is 5.75 Å². The highest BCUT2D eigenvalue weighted by Crippen LogP contribution is 2.27. The first kappa shape index (κ1) is 19.1. The molecular weight excluding hydrogens is 362 g/mol. The number of carbonyl (C=O) groups is 1. The van der Waals surface area contributed by atoms with Gasteiger partial charge in [-0.25, -0.2) is 4.39 Å². The molecule has 0 heterocycles. The van der Waals surface area contributed by atoms with Crippen molar-refractivity contribution in [2.24, 2.45) is 0 Å². The second-order valence-corrected chi connectivity index (χ2v) is 5.69. The second-order valence-electron chi connectivity index (χ2n) is 5.28. The van der Waals surface area contributed by atoms with Crippen molar-refractivity contribution in [2.75, 3.05) is 7.05 Å². The summed E-state index contributed by atoms with van der Waals surface area (Å²) in [5, 5.41) is 0.113. The lowest BCUT2D eigenvalue weighted by atomic mass is 10.1. The SMILES string of the molecule is CN(Cc1ccccc1OC(F)(F)F)C(=O)Cc1c(F)cccc1Cl. The third kappa shape index (κ3) is 5.35. The summed E-state index contributed by atoms with van der Waals surface area (Å²) in [5.74, 6) is -1.50. The monoisotopic (exact) mass is 375 g/mol. The van der Waals surface area contributed by atoms with Crippen LogP contribution in [0, 0.1) is 5.82 Å². The summed E-state index contributed by atoms with van der Waals surface area (Å²) >= 11 is 5.88. The molecule has 0 radical (unpaired) electrons. The van der Waals surface area contributed by atoms with E-state index in [1.54, 1.807) is 0 Å². The van der Waals surface area contributed by atoms with Crippen molar-refractivity contribution >= 4 is 17.5 Å². The summed E-state index contributed by atoms with van der Waals surface area (Å²) in [4.78, 5) is 13.4. The average molecular weight is 376 g/mol. The van der Waals surface area contributed by atoms with Gasteiger partial charge in [-0.05, 0) is 18.2 Å². The number of amides is 1. The molecule has 0 aliphatic rings. The molecule has 2 rings (SSSR count). The van der Waals surface area contributed by atoms with Gasteiger partial charge < -0.3 is 9.64 Å². The maximum Gasteiger partial charge on any atom is 0.573 e. The van der Waals surface area contributed by atoms with Crippen LogP contribution in [0.25, 0.3) is 0 Å². The van der Waals surface area contributed by atoms with Gasteiger partial charge in [0.15, 0.2) is 0 Å². The molecule has 0 aromatic heterocycles. The topological polar surface area (TPSA) is 29.5 Å². The van der Waals surface area contributed by atoms with E-state index in [-0.39, 0.29) is 29.1 Å². The van der Waals surface area contributed by atoms with E-state index in [9.17, 15) is 22.4 Å². The molecule has 8 heteroatoms. The summed E-state index contributed by atoms with van der Waals surface area (Å²) in [6.45, 7) is -0.128. The average Bonchev–Trinajstić information content (AvgIpc) is 2.51. The molecule has 0 unspecified atom stereocenters. The Morgan fingerprint density at radius 1 is 1.16 bits per heavy atom. The van der Waals surface area contributed by atoms with E-state index in [0.29, 0.717) is 0 Å².